The maximum atomic E-state index is 13.6. The molecule has 8 nitrogen and oxygen atoms in total. The quantitative estimate of drug-likeness (QED) is 0.636. The molecule has 1 fully saturated rings. The molecule has 3 heterocycles. The molecule has 2 aromatic heterocycles. The van der Waals surface area contributed by atoms with E-state index in [1.165, 1.54) is 6.07 Å². The number of hydrogen-bond acceptors (Lipinski definition) is 6. The number of aromatic nitrogens is 4. The summed E-state index contributed by atoms with van der Waals surface area (Å²) in [6, 6.07) is 6.74. The third kappa shape index (κ3) is 4.22. The van der Waals surface area contributed by atoms with Crippen molar-refractivity contribution in [3.63, 3.8) is 0 Å². The third-order valence-corrected chi connectivity index (χ3v) is 4.91. The lowest BCUT2D eigenvalue weighted by molar-refractivity contribution is -0.133. The van der Waals surface area contributed by atoms with Gasteiger partial charge in [0.05, 0.1) is 0 Å². The lowest BCUT2D eigenvalue weighted by atomic mass is 10.3. The Bertz CT molecular complexity index is 1030. The fraction of sp³-hybridized carbons (Fsp3) is 0.300. The van der Waals surface area contributed by atoms with Crippen LogP contribution in [0.4, 0.5) is 14.6 Å². The average molecular weight is 414 g/mol. The summed E-state index contributed by atoms with van der Waals surface area (Å²) in [6.45, 7) is 3.74. The van der Waals surface area contributed by atoms with Gasteiger partial charge in [-0.3, -0.25) is 9.36 Å². The van der Waals surface area contributed by atoms with E-state index in [2.05, 4.69) is 15.2 Å². The zero-order valence-electron chi connectivity index (χ0n) is 16.3. The van der Waals surface area contributed by atoms with E-state index in [0.717, 1.165) is 23.8 Å². The lowest BCUT2D eigenvalue weighted by Crippen LogP contribution is -2.50. The molecule has 0 N–H and O–H groups in total. The van der Waals surface area contributed by atoms with Crippen molar-refractivity contribution in [2.75, 3.05) is 37.7 Å². The van der Waals surface area contributed by atoms with Gasteiger partial charge in [-0.15, -0.1) is 10.2 Å². The zero-order chi connectivity index (χ0) is 21.1. The molecule has 1 amide bonds. The summed E-state index contributed by atoms with van der Waals surface area (Å²) in [5.74, 6) is 0.314. The van der Waals surface area contributed by atoms with Crippen molar-refractivity contribution in [3.05, 3.63) is 60.2 Å². The number of hydrogen-bond donors (Lipinski definition) is 0. The summed E-state index contributed by atoms with van der Waals surface area (Å²) in [5.41, 5.74) is 0. The van der Waals surface area contributed by atoms with E-state index in [1.807, 2.05) is 34.7 Å². The topological polar surface area (TPSA) is 76.4 Å². The highest BCUT2D eigenvalue weighted by molar-refractivity contribution is 5.78. The Labute approximate surface area is 171 Å². The van der Waals surface area contributed by atoms with Crippen molar-refractivity contribution < 1.29 is 18.3 Å². The van der Waals surface area contributed by atoms with E-state index >= 15 is 0 Å². The van der Waals surface area contributed by atoms with E-state index in [-0.39, 0.29) is 18.3 Å². The van der Waals surface area contributed by atoms with Crippen LogP contribution in [-0.2, 0) is 4.79 Å². The van der Waals surface area contributed by atoms with Gasteiger partial charge < -0.3 is 14.5 Å². The normalized spacial score (nSPS) is 14.1. The van der Waals surface area contributed by atoms with E-state index in [4.69, 9.17) is 4.74 Å². The average Bonchev–Trinajstić information content (AvgIpc) is 3.19. The Hall–Kier alpha value is -3.56. The molecule has 0 spiro atoms. The molecule has 0 radical (unpaired) electrons. The first-order valence-corrected chi connectivity index (χ1v) is 9.46. The summed E-state index contributed by atoms with van der Waals surface area (Å²) in [6.07, 6.45) is 3.53. The molecular weight excluding hydrogens is 394 g/mol. The smallest absolute Gasteiger partial charge is 0.260 e. The van der Waals surface area contributed by atoms with Crippen molar-refractivity contribution in [1.82, 2.24) is 24.6 Å². The molecule has 1 aliphatic heterocycles. The molecule has 1 aromatic carbocycles. The minimum atomic E-state index is -0.833. The number of carbonyl (C=O) groups excluding carboxylic acids is 1. The van der Waals surface area contributed by atoms with E-state index in [0.29, 0.717) is 32.0 Å². The number of amides is 1. The van der Waals surface area contributed by atoms with Crippen LogP contribution in [0.1, 0.15) is 5.82 Å². The van der Waals surface area contributed by atoms with Crippen LogP contribution in [0.5, 0.6) is 5.75 Å². The standard InChI is InChI=1S/C20H20F2N6O2/c1-14-23-6-7-28(14)19-5-4-18(24-25-19)26-8-10-27(11-9-26)20(29)13-30-17-3-2-15(21)12-16(17)22/h2-7,12H,8-11,13H2,1H3. The minimum Gasteiger partial charge on any atom is -0.481 e. The van der Waals surface area contributed by atoms with Crippen LogP contribution in [0.2, 0.25) is 0 Å². The van der Waals surface area contributed by atoms with Gasteiger partial charge >= 0.3 is 0 Å². The van der Waals surface area contributed by atoms with Gasteiger partial charge in [0.15, 0.2) is 29.8 Å². The molecule has 0 bridgehead atoms. The fourth-order valence-corrected chi connectivity index (χ4v) is 3.24. The predicted molar refractivity (Wildman–Crippen MR) is 105 cm³/mol. The van der Waals surface area contributed by atoms with Gasteiger partial charge in [0, 0.05) is 44.6 Å². The molecular formula is C20H20F2N6O2. The molecule has 1 aliphatic rings. The van der Waals surface area contributed by atoms with Crippen LogP contribution >= 0.6 is 0 Å². The van der Waals surface area contributed by atoms with Crippen molar-refractivity contribution >= 4 is 11.7 Å². The SMILES string of the molecule is Cc1nccn1-c1ccc(N2CCN(C(=O)COc3ccc(F)cc3F)CC2)nn1. The molecule has 4 rings (SSSR count). The Morgan fingerprint density at radius 3 is 2.43 bits per heavy atom. The first kappa shape index (κ1) is 19.7. The molecule has 0 unspecified atom stereocenters. The van der Waals surface area contributed by atoms with E-state index in [1.54, 1.807) is 11.1 Å². The number of ether oxygens (including phenoxy) is 1. The van der Waals surface area contributed by atoms with E-state index in [9.17, 15) is 13.6 Å². The van der Waals surface area contributed by atoms with Gasteiger partial charge in [0.25, 0.3) is 5.91 Å². The second-order valence-corrected chi connectivity index (χ2v) is 6.83. The van der Waals surface area contributed by atoms with Crippen LogP contribution in [-0.4, -0.2) is 63.3 Å². The molecule has 3 aromatic rings. The molecule has 0 saturated carbocycles. The number of carbonyl (C=O) groups is 1. The minimum absolute atomic E-state index is 0.146. The van der Waals surface area contributed by atoms with Crippen LogP contribution in [0.15, 0.2) is 42.7 Å². The second-order valence-electron chi connectivity index (χ2n) is 6.83. The maximum Gasteiger partial charge on any atom is 0.260 e. The number of nitrogens with zero attached hydrogens (tertiary/aromatic N) is 6. The summed E-state index contributed by atoms with van der Waals surface area (Å²) < 4.78 is 33.6. The van der Waals surface area contributed by atoms with Gasteiger partial charge in [0.2, 0.25) is 0 Å². The summed E-state index contributed by atoms with van der Waals surface area (Å²) in [5, 5.41) is 8.55. The first-order chi connectivity index (χ1) is 14.5. The highest BCUT2D eigenvalue weighted by Gasteiger charge is 2.23. The predicted octanol–water partition coefficient (Wildman–Crippen LogP) is 1.98. The number of benzene rings is 1. The summed E-state index contributed by atoms with van der Waals surface area (Å²) in [7, 11) is 0. The summed E-state index contributed by atoms with van der Waals surface area (Å²) >= 11 is 0. The van der Waals surface area contributed by atoms with E-state index < -0.39 is 11.6 Å². The second kappa shape index (κ2) is 8.44. The molecule has 0 atom stereocenters. The van der Waals surface area contributed by atoms with Gasteiger partial charge in [-0.1, -0.05) is 0 Å². The van der Waals surface area contributed by atoms with Gasteiger partial charge in [-0.05, 0) is 31.2 Å². The monoisotopic (exact) mass is 414 g/mol. The van der Waals surface area contributed by atoms with Gasteiger partial charge in [-0.2, -0.15) is 0 Å². The fourth-order valence-electron chi connectivity index (χ4n) is 3.24. The largest absolute Gasteiger partial charge is 0.481 e. The molecule has 0 aliphatic carbocycles. The van der Waals surface area contributed by atoms with Crippen LogP contribution in [0, 0.1) is 18.6 Å². The number of imidazole rings is 1. The number of anilines is 1. The Morgan fingerprint density at radius 2 is 1.80 bits per heavy atom. The van der Waals surface area contributed by atoms with Crippen LogP contribution in [0.3, 0.4) is 0 Å². The number of aryl methyl sites for hydroxylation is 1. The maximum absolute atomic E-state index is 13.6. The van der Waals surface area contributed by atoms with Gasteiger partial charge in [-0.25, -0.2) is 13.8 Å². The van der Waals surface area contributed by atoms with Crippen molar-refractivity contribution in [2.45, 2.75) is 6.92 Å². The van der Waals surface area contributed by atoms with Crippen LogP contribution < -0.4 is 9.64 Å². The Balaban J connectivity index is 1.30. The molecule has 30 heavy (non-hydrogen) atoms. The van der Waals surface area contributed by atoms with Crippen molar-refractivity contribution in [2.24, 2.45) is 0 Å². The zero-order valence-corrected chi connectivity index (χ0v) is 16.3. The van der Waals surface area contributed by atoms with Crippen molar-refractivity contribution in [3.8, 4) is 11.6 Å². The highest BCUT2D eigenvalue weighted by atomic mass is 19.1. The number of halogens is 2. The first-order valence-electron chi connectivity index (χ1n) is 9.46. The Morgan fingerprint density at radius 1 is 1.07 bits per heavy atom. The van der Waals surface area contributed by atoms with Crippen LogP contribution in [0.25, 0.3) is 5.82 Å². The highest BCUT2D eigenvalue weighted by Crippen LogP contribution is 2.18. The Kier molecular flexibility index (Phi) is 5.55. The molecule has 156 valence electrons. The number of rotatable bonds is 5. The lowest BCUT2D eigenvalue weighted by Gasteiger charge is -2.35. The van der Waals surface area contributed by atoms with Crippen molar-refractivity contribution in [1.29, 1.82) is 0 Å². The summed E-state index contributed by atoms with van der Waals surface area (Å²) in [4.78, 5) is 20.2. The number of piperazine rings is 1. The molecule has 10 heteroatoms. The third-order valence-electron chi connectivity index (χ3n) is 4.91. The molecule has 1 saturated heterocycles. The van der Waals surface area contributed by atoms with Gasteiger partial charge in [0.1, 0.15) is 11.6 Å².